The molecule has 7 heteroatoms. The summed E-state index contributed by atoms with van der Waals surface area (Å²) < 4.78 is 19.4. The predicted octanol–water partition coefficient (Wildman–Crippen LogP) is 6.16. The molecular formula is C24H21FN2O2S2. The zero-order valence-corrected chi connectivity index (χ0v) is 18.6. The normalized spacial score (nSPS) is 10.9. The Morgan fingerprint density at radius 2 is 1.87 bits per heavy atom. The van der Waals surface area contributed by atoms with E-state index >= 15 is 0 Å². The van der Waals surface area contributed by atoms with Crippen molar-refractivity contribution in [1.29, 1.82) is 0 Å². The number of carbonyl (C=O) groups is 1. The summed E-state index contributed by atoms with van der Waals surface area (Å²) in [4.78, 5) is 20.6. The maximum absolute atomic E-state index is 13.2. The Kier molecular flexibility index (Phi) is 6.84. The van der Waals surface area contributed by atoms with Gasteiger partial charge in [0.2, 0.25) is 5.91 Å². The van der Waals surface area contributed by atoms with Crippen LogP contribution in [0.2, 0.25) is 0 Å². The second-order valence-corrected chi connectivity index (χ2v) is 9.03. The molecular weight excluding hydrogens is 431 g/mol. The highest BCUT2D eigenvalue weighted by atomic mass is 32.2. The van der Waals surface area contributed by atoms with Gasteiger partial charge in [0.1, 0.15) is 11.6 Å². The topological polar surface area (TPSA) is 42.4 Å². The van der Waals surface area contributed by atoms with Crippen LogP contribution < -0.4 is 9.64 Å². The summed E-state index contributed by atoms with van der Waals surface area (Å²) in [6.07, 6.45) is 0.355. The molecule has 0 N–H and O–H groups in total. The van der Waals surface area contributed by atoms with E-state index in [0.717, 1.165) is 26.4 Å². The van der Waals surface area contributed by atoms with E-state index in [-0.39, 0.29) is 11.7 Å². The van der Waals surface area contributed by atoms with Gasteiger partial charge in [-0.25, -0.2) is 9.37 Å². The average molecular weight is 453 g/mol. The van der Waals surface area contributed by atoms with E-state index in [2.05, 4.69) is 0 Å². The lowest BCUT2D eigenvalue weighted by Gasteiger charge is -2.20. The molecule has 0 aliphatic rings. The van der Waals surface area contributed by atoms with Crippen molar-refractivity contribution >= 4 is 44.4 Å². The first-order valence-electron chi connectivity index (χ1n) is 9.79. The van der Waals surface area contributed by atoms with Gasteiger partial charge in [0, 0.05) is 23.1 Å². The molecule has 31 heavy (non-hydrogen) atoms. The van der Waals surface area contributed by atoms with E-state index in [9.17, 15) is 9.18 Å². The Hall–Kier alpha value is -2.90. The lowest BCUT2D eigenvalue weighted by atomic mass is 10.2. The molecule has 4 aromatic rings. The summed E-state index contributed by atoms with van der Waals surface area (Å²) in [7, 11) is 1.62. The van der Waals surface area contributed by atoms with Gasteiger partial charge in [0.15, 0.2) is 5.13 Å². The zero-order valence-electron chi connectivity index (χ0n) is 17.0. The summed E-state index contributed by atoms with van der Waals surface area (Å²) in [5, 5.41) is 0.670. The van der Waals surface area contributed by atoms with E-state index in [4.69, 9.17) is 9.72 Å². The Labute approximate surface area is 188 Å². The quantitative estimate of drug-likeness (QED) is 0.300. The number of carbonyl (C=O) groups excluding carboxylic acids is 1. The summed E-state index contributed by atoms with van der Waals surface area (Å²) >= 11 is 3.03. The monoisotopic (exact) mass is 452 g/mol. The van der Waals surface area contributed by atoms with Gasteiger partial charge in [-0.2, -0.15) is 0 Å². The van der Waals surface area contributed by atoms with Gasteiger partial charge in [-0.1, -0.05) is 41.7 Å². The molecule has 0 saturated heterocycles. The Balaban J connectivity index is 1.53. The van der Waals surface area contributed by atoms with Crippen molar-refractivity contribution in [3.05, 3.63) is 84.2 Å². The Bertz CT molecular complexity index is 1160. The van der Waals surface area contributed by atoms with Gasteiger partial charge in [-0.15, -0.1) is 11.8 Å². The van der Waals surface area contributed by atoms with Gasteiger partial charge >= 0.3 is 0 Å². The first-order chi connectivity index (χ1) is 15.1. The van der Waals surface area contributed by atoms with Crippen LogP contribution in [0.5, 0.6) is 5.75 Å². The second kappa shape index (κ2) is 9.94. The third kappa shape index (κ3) is 5.42. The number of fused-ring (bicyclic) bond motifs is 1. The number of thioether (sulfide) groups is 1. The van der Waals surface area contributed by atoms with Crippen LogP contribution in [0.4, 0.5) is 9.52 Å². The van der Waals surface area contributed by atoms with Crippen LogP contribution in [0.1, 0.15) is 12.0 Å². The molecule has 0 radical (unpaired) electrons. The molecule has 0 bridgehead atoms. The minimum atomic E-state index is -0.262. The number of hydrogen-bond acceptors (Lipinski definition) is 5. The number of rotatable bonds is 8. The van der Waals surface area contributed by atoms with E-state index in [1.165, 1.54) is 35.2 Å². The molecule has 0 aliphatic heterocycles. The highest BCUT2D eigenvalue weighted by molar-refractivity contribution is 7.99. The number of ether oxygens (including phenoxy) is 1. The first kappa shape index (κ1) is 21.3. The van der Waals surface area contributed by atoms with Gasteiger partial charge in [-0.3, -0.25) is 9.69 Å². The van der Waals surface area contributed by atoms with E-state index in [0.29, 0.717) is 23.8 Å². The fraction of sp³-hybridized carbons (Fsp3) is 0.167. The molecule has 4 rings (SSSR count). The molecule has 0 fully saturated rings. The lowest BCUT2D eigenvalue weighted by molar-refractivity contribution is -0.118. The maximum Gasteiger partial charge on any atom is 0.229 e. The molecule has 0 unspecified atom stereocenters. The molecule has 158 valence electrons. The van der Waals surface area contributed by atoms with Crippen molar-refractivity contribution in [2.75, 3.05) is 17.8 Å². The van der Waals surface area contributed by atoms with Crippen molar-refractivity contribution in [2.24, 2.45) is 0 Å². The Morgan fingerprint density at radius 3 is 2.61 bits per heavy atom. The van der Waals surface area contributed by atoms with Crippen molar-refractivity contribution in [2.45, 2.75) is 17.9 Å². The summed E-state index contributed by atoms with van der Waals surface area (Å²) in [5.74, 6) is 1.08. The van der Waals surface area contributed by atoms with Crippen LogP contribution in [-0.2, 0) is 11.3 Å². The third-order valence-corrected chi connectivity index (χ3v) is 6.77. The molecule has 3 aromatic carbocycles. The van der Waals surface area contributed by atoms with E-state index < -0.39 is 0 Å². The summed E-state index contributed by atoms with van der Waals surface area (Å²) in [6, 6.07) is 22.0. The van der Waals surface area contributed by atoms with Crippen molar-refractivity contribution in [3.8, 4) is 5.75 Å². The number of amides is 1. The van der Waals surface area contributed by atoms with E-state index in [1.54, 1.807) is 24.1 Å². The standard InChI is InChI=1S/C24H21FN2O2S2/c1-29-19-9-12-22-21(15-19)26-24(31-22)27(16-17-5-3-2-4-6-17)23(28)13-14-30-20-10-7-18(25)8-11-20/h2-12,15H,13-14,16H2,1H3. The lowest BCUT2D eigenvalue weighted by Crippen LogP contribution is -2.30. The van der Waals surface area contributed by atoms with Crippen molar-refractivity contribution in [3.63, 3.8) is 0 Å². The fourth-order valence-electron chi connectivity index (χ4n) is 3.09. The first-order valence-corrected chi connectivity index (χ1v) is 11.6. The number of thiazole rings is 1. The molecule has 1 amide bonds. The van der Waals surface area contributed by atoms with Crippen LogP contribution in [0.15, 0.2) is 77.7 Å². The number of halogens is 1. The predicted molar refractivity (Wildman–Crippen MR) is 126 cm³/mol. The van der Waals surface area contributed by atoms with Gasteiger partial charge in [-0.05, 0) is 42.0 Å². The van der Waals surface area contributed by atoms with Crippen molar-refractivity contribution < 1.29 is 13.9 Å². The average Bonchev–Trinajstić information content (AvgIpc) is 3.22. The largest absolute Gasteiger partial charge is 0.497 e. The molecule has 0 spiro atoms. The SMILES string of the molecule is COc1ccc2sc(N(Cc3ccccc3)C(=O)CCSc3ccc(F)cc3)nc2c1. The second-order valence-electron chi connectivity index (χ2n) is 6.85. The number of anilines is 1. The number of aromatic nitrogens is 1. The van der Waals surface area contributed by atoms with Crippen LogP contribution in [0, 0.1) is 5.82 Å². The van der Waals surface area contributed by atoms with Crippen molar-refractivity contribution in [1.82, 2.24) is 4.98 Å². The molecule has 0 saturated carbocycles. The summed E-state index contributed by atoms with van der Waals surface area (Å²) in [6.45, 7) is 0.456. The molecule has 0 atom stereocenters. The smallest absolute Gasteiger partial charge is 0.229 e. The van der Waals surface area contributed by atoms with Gasteiger partial charge in [0.25, 0.3) is 0 Å². The van der Waals surface area contributed by atoms with E-state index in [1.807, 2.05) is 48.5 Å². The number of benzene rings is 3. The van der Waals surface area contributed by atoms with Crippen LogP contribution in [0.3, 0.4) is 0 Å². The van der Waals surface area contributed by atoms with Crippen LogP contribution in [-0.4, -0.2) is 23.8 Å². The van der Waals surface area contributed by atoms with Crippen LogP contribution in [0.25, 0.3) is 10.2 Å². The number of methoxy groups -OCH3 is 1. The maximum atomic E-state index is 13.2. The summed E-state index contributed by atoms with van der Waals surface area (Å²) in [5.41, 5.74) is 1.85. The number of hydrogen-bond donors (Lipinski definition) is 0. The van der Waals surface area contributed by atoms with Crippen LogP contribution >= 0.6 is 23.1 Å². The third-order valence-electron chi connectivity index (χ3n) is 4.70. The minimum Gasteiger partial charge on any atom is -0.497 e. The Morgan fingerprint density at radius 1 is 1.10 bits per heavy atom. The molecule has 4 nitrogen and oxygen atoms in total. The fourth-order valence-corrected chi connectivity index (χ4v) is 4.89. The highest BCUT2D eigenvalue weighted by Gasteiger charge is 2.20. The minimum absolute atomic E-state index is 0.00415. The molecule has 0 aliphatic carbocycles. The molecule has 1 aromatic heterocycles. The molecule has 1 heterocycles. The van der Waals surface area contributed by atoms with Gasteiger partial charge < -0.3 is 4.74 Å². The number of nitrogens with zero attached hydrogens (tertiary/aromatic N) is 2. The highest BCUT2D eigenvalue weighted by Crippen LogP contribution is 2.32. The van der Waals surface area contributed by atoms with Gasteiger partial charge in [0.05, 0.1) is 23.9 Å². The zero-order chi connectivity index (χ0) is 21.6.